The third-order valence-corrected chi connectivity index (χ3v) is 2.14. The molecule has 0 aliphatic carbocycles. The Morgan fingerprint density at radius 3 is 2.36 bits per heavy atom. The molecule has 2 aromatic heterocycles. The summed E-state index contributed by atoms with van der Waals surface area (Å²) in [5, 5.41) is 0.748. The summed E-state index contributed by atoms with van der Waals surface area (Å²) in [6, 6.07) is 3.46. The van der Waals surface area contributed by atoms with E-state index in [2.05, 4.69) is 9.97 Å². The lowest BCUT2D eigenvalue weighted by atomic mass is 10.4. The first-order valence-corrected chi connectivity index (χ1v) is 4.75. The highest BCUT2D eigenvalue weighted by atomic mass is 35.5. The molecule has 0 aliphatic rings. The Balaban J connectivity index is 2.51. The first-order chi connectivity index (χ1) is 6.65. The van der Waals surface area contributed by atoms with Gasteiger partial charge in [-0.15, -0.1) is 0 Å². The molecule has 0 spiro atoms. The van der Waals surface area contributed by atoms with Crippen molar-refractivity contribution in [2.75, 3.05) is 0 Å². The fourth-order valence-electron chi connectivity index (χ4n) is 1.16. The lowest BCUT2D eigenvalue weighted by Crippen LogP contribution is -1.91. The van der Waals surface area contributed by atoms with Crippen LogP contribution in [0.15, 0.2) is 24.7 Å². The van der Waals surface area contributed by atoms with Crippen LogP contribution in [0.4, 0.5) is 0 Å². The minimum absolute atomic E-state index is 0.374. The molecule has 0 saturated carbocycles. The van der Waals surface area contributed by atoms with Gasteiger partial charge < -0.3 is 4.57 Å². The van der Waals surface area contributed by atoms with Gasteiger partial charge in [-0.25, -0.2) is 9.97 Å². The predicted molar refractivity (Wildman–Crippen MR) is 56.1 cm³/mol. The normalized spacial score (nSPS) is 10.5. The van der Waals surface area contributed by atoms with E-state index in [0.29, 0.717) is 10.3 Å². The Hall–Kier alpha value is -1.06. The maximum Gasteiger partial charge on any atom is 0.132 e. The number of aromatic nitrogens is 3. The fraction of sp³-hybridized carbons (Fsp3) is 0.111. The number of rotatable bonds is 1. The number of imidazole rings is 1. The molecular formula is C9H7Cl2N3. The smallest absolute Gasteiger partial charge is 0.132 e. The molecule has 2 heterocycles. The van der Waals surface area contributed by atoms with Gasteiger partial charge in [0.1, 0.15) is 10.3 Å². The second-order valence-electron chi connectivity index (χ2n) is 2.89. The van der Waals surface area contributed by atoms with Gasteiger partial charge in [-0.2, -0.15) is 0 Å². The van der Waals surface area contributed by atoms with Gasteiger partial charge in [0.15, 0.2) is 0 Å². The molecular weight excluding hydrogens is 221 g/mol. The van der Waals surface area contributed by atoms with E-state index in [1.165, 1.54) is 0 Å². The molecule has 2 rings (SSSR count). The summed E-state index contributed by atoms with van der Waals surface area (Å²) in [7, 11) is 0. The summed E-state index contributed by atoms with van der Waals surface area (Å²) in [4.78, 5) is 7.97. The van der Waals surface area contributed by atoms with Crippen molar-refractivity contribution < 1.29 is 0 Å². The third kappa shape index (κ3) is 1.89. The zero-order valence-corrected chi connectivity index (χ0v) is 8.92. The molecule has 0 fully saturated rings. The zero-order valence-electron chi connectivity index (χ0n) is 7.41. The molecule has 0 amide bonds. The van der Waals surface area contributed by atoms with Crippen LogP contribution in [0.5, 0.6) is 0 Å². The van der Waals surface area contributed by atoms with Crippen LogP contribution in [-0.2, 0) is 0 Å². The number of hydrogen-bond acceptors (Lipinski definition) is 2. The minimum Gasteiger partial charge on any atom is -0.306 e. The Bertz CT molecular complexity index is 445. The molecule has 0 saturated heterocycles. The fourth-order valence-corrected chi connectivity index (χ4v) is 1.61. The van der Waals surface area contributed by atoms with Crippen molar-refractivity contribution in [3.63, 3.8) is 0 Å². The van der Waals surface area contributed by atoms with E-state index in [1.54, 1.807) is 18.5 Å². The van der Waals surface area contributed by atoms with Crippen molar-refractivity contribution in [2.45, 2.75) is 6.92 Å². The summed E-state index contributed by atoms with van der Waals surface area (Å²) in [5.41, 5.74) is 1.80. The Kier molecular flexibility index (Phi) is 2.44. The number of halogens is 2. The minimum atomic E-state index is 0.374. The van der Waals surface area contributed by atoms with Gasteiger partial charge in [-0.1, -0.05) is 23.2 Å². The SMILES string of the molecule is Cc1cn(-c2cc(Cl)nc(Cl)c2)cn1. The molecule has 5 heteroatoms. The second kappa shape index (κ2) is 3.59. The first-order valence-electron chi connectivity index (χ1n) is 3.99. The highest BCUT2D eigenvalue weighted by Crippen LogP contribution is 2.18. The van der Waals surface area contributed by atoms with E-state index in [9.17, 15) is 0 Å². The van der Waals surface area contributed by atoms with Crippen LogP contribution in [0.25, 0.3) is 5.69 Å². The maximum atomic E-state index is 5.78. The van der Waals surface area contributed by atoms with E-state index in [1.807, 2.05) is 17.7 Å². The van der Waals surface area contributed by atoms with Gasteiger partial charge in [0.25, 0.3) is 0 Å². The van der Waals surface area contributed by atoms with Crippen molar-refractivity contribution in [2.24, 2.45) is 0 Å². The second-order valence-corrected chi connectivity index (χ2v) is 3.67. The Labute approximate surface area is 91.3 Å². The molecule has 14 heavy (non-hydrogen) atoms. The van der Waals surface area contributed by atoms with Crippen LogP contribution >= 0.6 is 23.2 Å². The van der Waals surface area contributed by atoms with Gasteiger partial charge in [0.05, 0.1) is 17.7 Å². The van der Waals surface area contributed by atoms with E-state index < -0.39 is 0 Å². The molecule has 3 nitrogen and oxygen atoms in total. The average molecular weight is 228 g/mol. The average Bonchev–Trinajstić information content (AvgIpc) is 2.50. The van der Waals surface area contributed by atoms with Crippen LogP contribution < -0.4 is 0 Å². The van der Waals surface area contributed by atoms with Crippen LogP contribution in [0.3, 0.4) is 0 Å². The molecule has 0 aliphatic heterocycles. The summed E-state index contributed by atoms with van der Waals surface area (Å²) < 4.78 is 1.84. The van der Waals surface area contributed by atoms with Crippen molar-refractivity contribution in [3.8, 4) is 5.69 Å². The number of aryl methyl sites for hydroxylation is 1. The van der Waals surface area contributed by atoms with Crippen molar-refractivity contribution in [1.82, 2.24) is 14.5 Å². The van der Waals surface area contributed by atoms with Crippen LogP contribution in [0.2, 0.25) is 10.3 Å². The summed E-state index contributed by atoms with van der Waals surface area (Å²) in [6.07, 6.45) is 3.60. The van der Waals surface area contributed by atoms with E-state index in [-0.39, 0.29) is 0 Å². The van der Waals surface area contributed by atoms with Crippen LogP contribution in [0, 0.1) is 6.92 Å². The van der Waals surface area contributed by atoms with E-state index >= 15 is 0 Å². The number of pyridine rings is 1. The van der Waals surface area contributed by atoms with Gasteiger partial charge >= 0.3 is 0 Å². The van der Waals surface area contributed by atoms with E-state index in [4.69, 9.17) is 23.2 Å². The molecule has 2 aromatic rings. The highest BCUT2D eigenvalue weighted by Gasteiger charge is 2.01. The van der Waals surface area contributed by atoms with Gasteiger partial charge in [-0.3, -0.25) is 0 Å². The largest absolute Gasteiger partial charge is 0.306 e. The molecule has 72 valence electrons. The third-order valence-electron chi connectivity index (χ3n) is 1.76. The maximum absolute atomic E-state index is 5.78. The predicted octanol–water partition coefficient (Wildman–Crippen LogP) is 2.88. The van der Waals surface area contributed by atoms with Crippen molar-refractivity contribution >= 4 is 23.2 Å². The monoisotopic (exact) mass is 227 g/mol. The summed E-state index contributed by atoms with van der Waals surface area (Å²) in [6.45, 7) is 1.92. The Morgan fingerprint density at radius 1 is 1.21 bits per heavy atom. The molecule has 0 atom stereocenters. The molecule has 0 bridgehead atoms. The molecule has 0 unspecified atom stereocenters. The summed E-state index contributed by atoms with van der Waals surface area (Å²) in [5.74, 6) is 0. The quantitative estimate of drug-likeness (QED) is 0.702. The highest BCUT2D eigenvalue weighted by molar-refractivity contribution is 6.32. The van der Waals surface area contributed by atoms with Crippen LogP contribution in [-0.4, -0.2) is 14.5 Å². The van der Waals surface area contributed by atoms with Crippen molar-refractivity contribution in [3.05, 3.63) is 40.7 Å². The lowest BCUT2D eigenvalue weighted by molar-refractivity contribution is 1.05. The molecule has 0 aromatic carbocycles. The standard InChI is InChI=1S/C9H7Cl2N3/c1-6-4-14(5-12-6)7-2-8(10)13-9(11)3-7/h2-5H,1H3. The summed E-state index contributed by atoms with van der Waals surface area (Å²) >= 11 is 11.6. The lowest BCUT2D eigenvalue weighted by Gasteiger charge is -2.02. The number of hydrogen-bond donors (Lipinski definition) is 0. The van der Waals surface area contributed by atoms with Gasteiger partial charge in [0.2, 0.25) is 0 Å². The topological polar surface area (TPSA) is 30.7 Å². The Morgan fingerprint density at radius 2 is 1.86 bits per heavy atom. The first kappa shape index (κ1) is 9.49. The molecule has 0 N–H and O–H groups in total. The zero-order chi connectivity index (χ0) is 10.1. The van der Waals surface area contributed by atoms with Crippen LogP contribution in [0.1, 0.15) is 5.69 Å². The van der Waals surface area contributed by atoms with E-state index in [0.717, 1.165) is 11.4 Å². The van der Waals surface area contributed by atoms with Gasteiger partial charge in [0, 0.05) is 6.20 Å². The van der Waals surface area contributed by atoms with Gasteiger partial charge in [-0.05, 0) is 19.1 Å². The number of nitrogens with zero attached hydrogens (tertiary/aromatic N) is 3. The molecule has 0 radical (unpaired) electrons. The van der Waals surface area contributed by atoms with Crippen molar-refractivity contribution in [1.29, 1.82) is 0 Å².